The third-order valence-corrected chi connectivity index (χ3v) is 7.25. The lowest BCUT2D eigenvalue weighted by Crippen LogP contribution is -2.54. The quantitative estimate of drug-likeness (QED) is 0.371. The Morgan fingerprint density at radius 2 is 2.03 bits per heavy atom. The average molecular weight is 534 g/mol. The highest BCUT2D eigenvalue weighted by Crippen LogP contribution is 2.31. The van der Waals surface area contributed by atoms with Crippen LogP contribution in [-0.2, 0) is 11.8 Å². The van der Waals surface area contributed by atoms with Crippen molar-refractivity contribution < 1.29 is 18.7 Å². The summed E-state index contributed by atoms with van der Waals surface area (Å²) in [5.41, 5.74) is 2.39. The summed E-state index contributed by atoms with van der Waals surface area (Å²) in [5.74, 6) is -0.900. The fraction of sp³-hybridized carbons (Fsp3) is 0.429. The average Bonchev–Trinajstić information content (AvgIpc) is 3.24. The highest BCUT2D eigenvalue weighted by Gasteiger charge is 2.25. The van der Waals surface area contributed by atoms with Crippen molar-refractivity contribution in [2.45, 2.75) is 44.9 Å². The van der Waals surface area contributed by atoms with Crippen molar-refractivity contribution in [2.75, 3.05) is 36.5 Å². The number of nitrogens with one attached hydrogen (secondary N) is 2. The van der Waals surface area contributed by atoms with E-state index in [0.717, 1.165) is 43.6 Å². The van der Waals surface area contributed by atoms with Crippen LogP contribution in [0, 0.1) is 5.82 Å². The van der Waals surface area contributed by atoms with E-state index in [4.69, 9.17) is 9.47 Å². The molecular formula is C28H32FN7O3. The van der Waals surface area contributed by atoms with Crippen molar-refractivity contribution in [2.24, 2.45) is 7.05 Å². The predicted molar refractivity (Wildman–Crippen MR) is 147 cm³/mol. The maximum Gasteiger partial charge on any atom is 0.316 e. The monoisotopic (exact) mass is 533 g/mol. The van der Waals surface area contributed by atoms with E-state index in [1.165, 1.54) is 6.07 Å². The fourth-order valence-corrected chi connectivity index (χ4v) is 5.42. The molecule has 2 aromatic heterocycles. The van der Waals surface area contributed by atoms with Crippen molar-refractivity contribution in [1.82, 2.24) is 25.1 Å². The van der Waals surface area contributed by atoms with Gasteiger partial charge in [-0.15, -0.1) is 0 Å². The fourth-order valence-electron chi connectivity index (χ4n) is 5.42. The van der Waals surface area contributed by atoms with E-state index in [9.17, 15) is 9.18 Å². The number of halogens is 1. The minimum Gasteiger partial charge on any atom is -0.463 e. The Balaban J connectivity index is 1.34. The number of fused-ring (bicyclic) bond motifs is 2. The molecular weight excluding hydrogens is 501 g/mol. The molecule has 2 fully saturated rings. The van der Waals surface area contributed by atoms with Gasteiger partial charge in [-0.1, -0.05) is 0 Å². The van der Waals surface area contributed by atoms with Gasteiger partial charge in [0.1, 0.15) is 5.52 Å². The number of aromatic nitrogens is 4. The number of carbonyl (C=O) groups excluding carboxylic acids is 1. The van der Waals surface area contributed by atoms with Gasteiger partial charge in [-0.3, -0.25) is 9.48 Å². The van der Waals surface area contributed by atoms with E-state index in [0.29, 0.717) is 40.8 Å². The molecule has 204 valence electrons. The largest absolute Gasteiger partial charge is 0.463 e. The summed E-state index contributed by atoms with van der Waals surface area (Å²) in [6, 6.07) is 7.50. The first kappa shape index (κ1) is 25.4. The zero-order valence-corrected chi connectivity index (χ0v) is 22.3. The number of benzene rings is 2. The third-order valence-electron chi connectivity index (χ3n) is 7.25. The van der Waals surface area contributed by atoms with Gasteiger partial charge in [0.05, 0.1) is 23.8 Å². The molecule has 10 nitrogen and oxygen atoms in total. The summed E-state index contributed by atoms with van der Waals surface area (Å²) in [6.45, 7) is 7.15. The Kier molecular flexibility index (Phi) is 6.78. The molecule has 1 unspecified atom stereocenters. The van der Waals surface area contributed by atoms with Crippen LogP contribution in [0.3, 0.4) is 0 Å². The number of hydrogen-bond acceptors (Lipinski definition) is 8. The molecule has 2 aliphatic rings. The summed E-state index contributed by atoms with van der Waals surface area (Å²) in [6.07, 6.45) is 5.44. The van der Waals surface area contributed by atoms with Crippen LogP contribution in [0.1, 0.15) is 37.0 Å². The van der Waals surface area contributed by atoms with Gasteiger partial charge in [-0.05, 0) is 44.5 Å². The first-order chi connectivity index (χ1) is 18.8. The normalized spacial score (nSPS) is 21.2. The molecule has 4 heterocycles. The van der Waals surface area contributed by atoms with Gasteiger partial charge in [0.2, 0.25) is 0 Å². The molecule has 3 atom stereocenters. The Hall–Kier alpha value is -3.83. The van der Waals surface area contributed by atoms with E-state index in [-0.39, 0.29) is 17.6 Å². The number of carbonyl (C=O) groups is 1. The van der Waals surface area contributed by atoms with E-state index in [2.05, 4.69) is 44.4 Å². The van der Waals surface area contributed by atoms with Gasteiger partial charge >= 0.3 is 6.01 Å². The molecule has 1 amide bonds. The van der Waals surface area contributed by atoms with E-state index in [1.807, 2.05) is 6.07 Å². The third kappa shape index (κ3) is 5.24. The van der Waals surface area contributed by atoms with Gasteiger partial charge in [-0.2, -0.15) is 10.1 Å². The van der Waals surface area contributed by atoms with E-state index < -0.39 is 11.7 Å². The van der Waals surface area contributed by atoms with Gasteiger partial charge in [-0.25, -0.2) is 9.37 Å². The van der Waals surface area contributed by atoms with Gasteiger partial charge in [0.15, 0.2) is 5.82 Å². The summed E-state index contributed by atoms with van der Waals surface area (Å²) >= 11 is 0. The molecule has 2 aliphatic heterocycles. The number of hydrogen-bond donors (Lipinski definition) is 2. The minimum absolute atomic E-state index is 0.206. The molecule has 6 rings (SSSR count). The second-order valence-corrected chi connectivity index (χ2v) is 10.5. The molecule has 2 aromatic carbocycles. The van der Waals surface area contributed by atoms with Crippen LogP contribution in [0.2, 0.25) is 0 Å². The summed E-state index contributed by atoms with van der Waals surface area (Å²) in [7, 11) is 1.73. The van der Waals surface area contributed by atoms with Crippen LogP contribution in [0.15, 0.2) is 36.7 Å². The Labute approximate surface area is 225 Å². The highest BCUT2D eigenvalue weighted by molar-refractivity contribution is 6.14. The lowest BCUT2D eigenvalue weighted by atomic mass is 10.0. The molecule has 2 saturated heterocycles. The highest BCUT2D eigenvalue weighted by atomic mass is 19.1. The smallest absolute Gasteiger partial charge is 0.316 e. The first-order valence-electron chi connectivity index (χ1n) is 13.3. The molecule has 11 heteroatoms. The van der Waals surface area contributed by atoms with Crippen LogP contribution >= 0.6 is 0 Å². The topological polar surface area (TPSA) is 106 Å². The number of anilines is 2. The second kappa shape index (κ2) is 10.4. The van der Waals surface area contributed by atoms with Gasteiger partial charge < -0.3 is 25.0 Å². The zero-order valence-electron chi connectivity index (χ0n) is 22.3. The molecule has 39 heavy (non-hydrogen) atoms. The Morgan fingerprint density at radius 3 is 2.77 bits per heavy atom. The van der Waals surface area contributed by atoms with Crippen LogP contribution in [0.25, 0.3) is 21.8 Å². The summed E-state index contributed by atoms with van der Waals surface area (Å²) in [5, 5.41) is 11.9. The molecule has 0 saturated carbocycles. The van der Waals surface area contributed by atoms with Gasteiger partial charge in [0, 0.05) is 79.8 Å². The van der Waals surface area contributed by atoms with Crippen molar-refractivity contribution in [1.29, 1.82) is 0 Å². The SMILES string of the molecule is C[C@@H]1CN(c2ccc(C(=O)Nc3cc(F)c4nn(C)cc4c3)c3nc(OCCC4CCO4)ncc23)C[C@H](C)N1. The van der Waals surface area contributed by atoms with E-state index >= 15 is 0 Å². The minimum atomic E-state index is -0.501. The number of ether oxygens (including phenoxy) is 2. The van der Waals surface area contributed by atoms with Crippen molar-refractivity contribution in [3.05, 3.63) is 48.0 Å². The maximum absolute atomic E-state index is 14.7. The Bertz CT molecular complexity index is 1530. The first-order valence-corrected chi connectivity index (χ1v) is 13.3. The van der Waals surface area contributed by atoms with Crippen LogP contribution in [-0.4, -0.2) is 70.1 Å². The lowest BCUT2D eigenvalue weighted by Gasteiger charge is -2.38. The molecule has 0 radical (unpaired) electrons. The van der Waals surface area contributed by atoms with Crippen LogP contribution in [0.5, 0.6) is 6.01 Å². The maximum atomic E-state index is 14.7. The zero-order chi connectivity index (χ0) is 27.1. The number of piperazine rings is 1. The van der Waals surface area contributed by atoms with Crippen molar-refractivity contribution in [3.8, 4) is 6.01 Å². The molecule has 0 spiro atoms. The van der Waals surface area contributed by atoms with E-state index in [1.54, 1.807) is 36.3 Å². The number of rotatable bonds is 7. The molecule has 2 N–H and O–H groups in total. The van der Waals surface area contributed by atoms with Crippen molar-refractivity contribution >= 4 is 39.1 Å². The van der Waals surface area contributed by atoms with Crippen molar-refractivity contribution in [3.63, 3.8) is 0 Å². The van der Waals surface area contributed by atoms with Crippen LogP contribution in [0.4, 0.5) is 15.8 Å². The predicted octanol–water partition coefficient (Wildman–Crippen LogP) is 3.65. The number of nitrogens with zero attached hydrogens (tertiary/aromatic N) is 5. The standard InChI is InChI=1S/C28H32FN7O3/c1-16-13-36(14-17(2)31-16)24-5-4-21(26-22(24)12-30-28(33-26)39-9-7-20-6-8-38-20)27(37)32-19-10-18-15-35(3)34-25(18)23(29)11-19/h4-5,10-12,15-17,20,31H,6-9,13-14H2,1-3H3,(H,32,37)/t16-,17+,20?. The summed E-state index contributed by atoms with van der Waals surface area (Å²) < 4.78 is 27.5. The molecule has 4 aromatic rings. The second-order valence-electron chi connectivity index (χ2n) is 10.5. The summed E-state index contributed by atoms with van der Waals surface area (Å²) in [4.78, 5) is 25.0. The Morgan fingerprint density at radius 1 is 1.23 bits per heavy atom. The molecule has 0 aliphatic carbocycles. The molecule has 0 bridgehead atoms. The number of amides is 1. The number of aryl methyl sites for hydroxylation is 1. The lowest BCUT2D eigenvalue weighted by molar-refractivity contribution is -0.0600. The van der Waals surface area contributed by atoms with Crippen LogP contribution < -0.4 is 20.3 Å². The van der Waals surface area contributed by atoms with Gasteiger partial charge in [0.25, 0.3) is 5.91 Å².